The highest BCUT2D eigenvalue weighted by Gasteiger charge is 2.25. The topological polar surface area (TPSA) is 56.6 Å². The van der Waals surface area contributed by atoms with Gasteiger partial charge in [0.05, 0.1) is 17.1 Å². The molecule has 0 amide bonds. The van der Waals surface area contributed by atoms with E-state index in [4.69, 9.17) is 6.57 Å². The average molecular weight is 396 g/mol. The maximum absolute atomic E-state index is 13.7. The second kappa shape index (κ2) is 7.60. The molecule has 1 fully saturated rings. The summed E-state index contributed by atoms with van der Waals surface area (Å²) in [5.41, 5.74) is 3.71. The molecule has 0 spiro atoms. The lowest BCUT2D eigenvalue weighted by Crippen LogP contribution is -2.46. The fourth-order valence-corrected chi connectivity index (χ4v) is 3.60. The van der Waals surface area contributed by atoms with Crippen molar-refractivity contribution in [3.8, 4) is 6.57 Å². The third kappa shape index (κ3) is 3.82. The van der Waals surface area contributed by atoms with Crippen LogP contribution in [0.25, 0.3) is 15.9 Å². The minimum atomic E-state index is -0.964. The number of H-pyrrole nitrogens is 1. The summed E-state index contributed by atoms with van der Waals surface area (Å²) in [6.07, 6.45) is 1.81. The summed E-state index contributed by atoms with van der Waals surface area (Å²) in [6.45, 7) is 10.5. The van der Waals surface area contributed by atoms with Gasteiger partial charge in [0.15, 0.2) is 11.6 Å². The van der Waals surface area contributed by atoms with Crippen molar-refractivity contribution >= 4 is 22.4 Å². The zero-order chi connectivity index (χ0) is 20.5. The minimum absolute atomic E-state index is 0.113. The third-order valence-electron chi connectivity index (χ3n) is 5.21. The summed E-state index contributed by atoms with van der Waals surface area (Å²) in [7, 11) is 0. The molecule has 4 rings (SSSR count). The zero-order valence-corrected chi connectivity index (χ0v) is 16.0. The van der Waals surface area contributed by atoms with Gasteiger partial charge in [0, 0.05) is 50.6 Å². The molecule has 1 aliphatic rings. The van der Waals surface area contributed by atoms with Gasteiger partial charge in [-0.05, 0) is 29.5 Å². The van der Waals surface area contributed by atoms with Crippen molar-refractivity contribution in [1.82, 2.24) is 14.9 Å². The van der Waals surface area contributed by atoms with Crippen molar-refractivity contribution < 1.29 is 8.78 Å². The van der Waals surface area contributed by atoms with Crippen molar-refractivity contribution in [2.75, 3.05) is 31.1 Å². The van der Waals surface area contributed by atoms with E-state index in [1.165, 1.54) is 0 Å². The fourth-order valence-electron chi connectivity index (χ4n) is 3.60. The van der Waals surface area contributed by atoms with Gasteiger partial charge in [0.2, 0.25) is 0 Å². The Hall–Kier alpha value is -3.31. The summed E-state index contributed by atoms with van der Waals surface area (Å²) in [5, 5.41) is 0. The molecule has 2 aromatic heterocycles. The van der Waals surface area contributed by atoms with Gasteiger partial charge in [0.1, 0.15) is 5.69 Å². The number of hydrogen-bond acceptors (Lipinski definition) is 4. The zero-order valence-electron chi connectivity index (χ0n) is 16.0. The molecule has 1 saturated heterocycles. The average Bonchev–Trinajstić information content (AvgIpc) is 2.71. The molecule has 0 saturated carbocycles. The lowest BCUT2D eigenvalue weighted by atomic mass is 10.1. The number of halogens is 2. The Morgan fingerprint density at radius 1 is 1.14 bits per heavy atom. The van der Waals surface area contributed by atoms with E-state index in [0.717, 1.165) is 36.3 Å². The molecule has 3 heterocycles. The van der Waals surface area contributed by atoms with Gasteiger partial charge < -0.3 is 9.88 Å². The molecule has 0 aliphatic carbocycles. The molecule has 29 heavy (non-hydrogen) atoms. The highest BCUT2D eigenvalue weighted by atomic mass is 19.2. The number of rotatable bonds is 3. The number of fused-ring (bicyclic) bond motifs is 1. The first-order valence-corrected chi connectivity index (χ1v) is 9.30. The van der Waals surface area contributed by atoms with Gasteiger partial charge in [-0.25, -0.2) is 8.78 Å². The molecule has 0 atom stereocenters. The number of pyridine rings is 2. The molecule has 1 N–H and O–H groups in total. The second-order valence-electron chi connectivity index (χ2n) is 7.21. The van der Waals surface area contributed by atoms with Crippen LogP contribution in [0.2, 0.25) is 0 Å². The van der Waals surface area contributed by atoms with E-state index >= 15 is 0 Å². The molecule has 0 radical (unpaired) electrons. The van der Waals surface area contributed by atoms with Crippen molar-refractivity contribution in [3.63, 3.8) is 0 Å². The number of aromatic nitrogens is 2. The first-order valence-electron chi connectivity index (χ1n) is 9.30. The van der Waals surface area contributed by atoms with Crippen LogP contribution in [0.3, 0.4) is 0 Å². The van der Waals surface area contributed by atoms with E-state index in [1.807, 2.05) is 17.2 Å². The van der Waals surface area contributed by atoms with Crippen LogP contribution in [-0.2, 0) is 6.54 Å². The lowest BCUT2D eigenvalue weighted by molar-refractivity contribution is 0.249. The maximum atomic E-state index is 13.7. The number of anilines is 1. The molecule has 1 aromatic carbocycles. The summed E-state index contributed by atoms with van der Waals surface area (Å²) >= 11 is 0. The van der Waals surface area contributed by atoms with Crippen LogP contribution in [0.15, 0.2) is 35.3 Å². The van der Waals surface area contributed by atoms with Crippen LogP contribution in [0.1, 0.15) is 11.1 Å². The Labute approximate surface area is 166 Å². The van der Waals surface area contributed by atoms with E-state index in [2.05, 4.69) is 19.7 Å². The van der Waals surface area contributed by atoms with E-state index in [9.17, 15) is 13.6 Å². The number of aryl methyl sites for hydroxylation is 1. The molecule has 0 unspecified atom stereocenters. The van der Waals surface area contributed by atoms with E-state index < -0.39 is 11.6 Å². The van der Waals surface area contributed by atoms with Gasteiger partial charge in [0.25, 0.3) is 12.1 Å². The van der Waals surface area contributed by atoms with Crippen LogP contribution >= 0.6 is 0 Å². The first-order chi connectivity index (χ1) is 13.9. The van der Waals surface area contributed by atoms with Gasteiger partial charge in [-0.3, -0.25) is 14.7 Å². The number of nitrogens with zero attached hydrogens (tertiary/aromatic N) is 4. The highest BCUT2D eigenvalue weighted by molar-refractivity contribution is 5.75. The normalized spacial score (nSPS) is 14.9. The van der Waals surface area contributed by atoms with Gasteiger partial charge in [-0.2, -0.15) is 0 Å². The quantitative estimate of drug-likeness (QED) is 0.737. The molecule has 8 heteroatoms. The van der Waals surface area contributed by atoms with E-state index in [1.54, 1.807) is 13.0 Å². The van der Waals surface area contributed by atoms with Crippen LogP contribution < -0.4 is 10.5 Å². The number of benzene rings is 1. The fraction of sp³-hybridized carbons (Fsp3) is 0.286. The van der Waals surface area contributed by atoms with Crippen LogP contribution in [0.4, 0.5) is 20.2 Å². The van der Waals surface area contributed by atoms with Crippen molar-refractivity contribution in [1.29, 1.82) is 0 Å². The predicted molar refractivity (Wildman–Crippen MR) is 109 cm³/mol. The largest absolute Gasteiger partial charge is 0.366 e. The number of nitrogens with one attached hydrogen (secondary N) is 1. The predicted octanol–water partition coefficient (Wildman–Crippen LogP) is 3.43. The smallest absolute Gasteiger partial charge is 0.362 e. The summed E-state index contributed by atoms with van der Waals surface area (Å²) in [5.74, 6) is -1.88. The number of aromatic amines is 1. The van der Waals surface area contributed by atoms with Crippen molar-refractivity contribution in [3.05, 3.63) is 68.4 Å². The van der Waals surface area contributed by atoms with Crippen LogP contribution in [0, 0.1) is 25.1 Å². The Morgan fingerprint density at radius 2 is 1.86 bits per heavy atom. The van der Waals surface area contributed by atoms with E-state index in [0.29, 0.717) is 36.4 Å². The van der Waals surface area contributed by atoms with Crippen LogP contribution in [-0.4, -0.2) is 41.0 Å². The summed E-state index contributed by atoms with van der Waals surface area (Å²) in [4.78, 5) is 26.9. The minimum Gasteiger partial charge on any atom is -0.362 e. The monoisotopic (exact) mass is 396 g/mol. The van der Waals surface area contributed by atoms with Gasteiger partial charge in [-0.15, -0.1) is 0 Å². The molecular weight excluding hydrogens is 376 g/mol. The summed E-state index contributed by atoms with van der Waals surface area (Å²) < 4.78 is 27.1. The van der Waals surface area contributed by atoms with Crippen molar-refractivity contribution in [2.45, 2.75) is 13.5 Å². The SMILES string of the molecule is C#[N+]c1cc(F)c(F)cc1N1CCN(Cc2cnc3cc(C)c(=O)[nH]c3c2)CC1. The van der Waals surface area contributed by atoms with Gasteiger partial charge >= 0.3 is 5.69 Å². The first kappa shape index (κ1) is 19.0. The second-order valence-corrected chi connectivity index (χ2v) is 7.21. The van der Waals surface area contributed by atoms with Crippen molar-refractivity contribution in [2.24, 2.45) is 0 Å². The van der Waals surface area contributed by atoms with Crippen LogP contribution in [0.5, 0.6) is 0 Å². The van der Waals surface area contributed by atoms with E-state index in [-0.39, 0.29) is 11.2 Å². The Bertz CT molecular complexity index is 1180. The molecule has 1 aliphatic heterocycles. The summed E-state index contributed by atoms with van der Waals surface area (Å²) in [6, 6.07) is 5.87. The molecule has 148 valence electrons. The molecule has 3 aromatic rings. The molecular formula is C21H20F2N5O+. The lowest BCUT2D eigenvalue weighted by Gasteiger charge is -2.35. The third-order valence-corrected chi connectivity index (χ3v) is 5.21. The Kier molecular flexibility index (Phi) is 4.99. The number of hydrogen-bond donors (Lipinski definition) is 1. The standard InChI is InChI=1S/C21H19F2N5O/c1-13-7-17-18(26-21(13)29)8-14(11-25-17)12-27-3-5-28(6-4-27)20-10-16(23)15(22)9-19(20)24-2/h2,7-11H,3-6,12H2,1H3/p+1. The highest BCUT2D eigenvalue weighted by Crippen LogP contribution is 2.32. The molecule has 6 nitrogen and oxygen atoms in total. The maximum Gasteiger partial charge on any atom is 0.366 e. The number of piperazine rings is 1. The Morgan fingerprint density at radius 3 is 2.59 bits per heavy atom. The Balaban J connectivity index is 1.46. The molecule has 0 bridgehead atoms. The van der Waals surface area contributed by atoms with Gasteiger partial charge in [-0.1, -0.05) is 0 Å².